The van der Waals surface area contributed by atoms with E-state index >= 15 is 0 Å². The number of ketones is 1. The van der Waals surface area contributed by atoms with Gasteiger partial charge < -0.3 is 10.0 Å². The fourth-order valence-corrected chi connectivity index (χ4v) is 3.35. The van der Waals surface area contributed by atoms with Gasteiger partial charge in [0, 0.05) is 24.1 Å². The lowest BCUT2D eigenvalue weighted by molar-refractivity contribution is -0.137. The van der Waals surface area contributed by atoms with E-state index in [-0.39, 0.29) is 35.0 Å². The third-order valence-corrected chi connectivity index (χ3v) is 4.57. The van der Waals surface area contributed by atoms with Crippen molar-refractivity contribution in [2.75, 3.05) is 12.8 Å². The molecule has 1 amide bonds. The van der Waals surface area contributed by atoms with E-state index in [0.29, 0.717) is 5.57 Å². The zero-order valence-electron chi connectivity index (χ0n) is 11.0. The molecule has 1 atom stereocenters. The number of aliphatic carboxylic acids is 1. The van der Waals surface area contributed by atoms with Crippen LogP contribution < -0.4 is 0 Å². The average Bonchev–Trinajstić information content (AvgIpc) is 3.15. The second-order valence-corrected chi connectivity index (χ2v) is 6.18. The Hall–Kier alpha value is -1.30. The summed E-state index contributed by atoms with van der Waals surface area (Å²) in [6.07, 6.45) is 1.34. The van der Waals surface area contributed by atoms with Gasteiger partial charge in [-0.05, 0) is 18.6 Å². The number of likely N-dealkylation sites (N-methyl/N-ethyl adjacent to an activating group) is 1. The number of hydrogen-bond donors (Lipinski definition) is 1. The van der Waals surface area contributed by atoms with Gasteiger partial charge in [-0.2, -0.15) is 0 Å². The maximum Gasteiger partial charge on any atom is 0.308 e. The highest BCUT2D eigenvalue weighted by Crippen LogP contribution is 2.41. The average molecular weight is 283 g/mol. The number of carboxylic acids is 1. The van der Waals surface area contributed by atoms with E-state index in [9.17, 15) is 14.4 Å². The molecule has 2 aliphatic rings. The van der Waals surface area contributed by atoms with Gasteiger partial charge in [0.2, 0.25) is 0 Å². The maximum absolute atomic E-state index is 12.3. The monoisotopic (exact) mass is 283 g/mol. The van der Waals surface area contributed by atoms with Crippen LogP contribution >= 0.6 is 11.8 Å². The minimum atomic E-state index is -1.07. The number of amides is 1. The molecule has 1 saturated carbocycles. The van der Waals surface area contributed by atoms with Crippen LogP contribution in [0.1, 0.15) is 26.2 Å². The highest BCUT2D eigenvalue weighted by molar-refractivity contribution is 8.00. The summed E-state index contributed by atoms with van der Waals surface area (Å²) < 4.78 is 0. The van der Waals surface area contributed by atoms with E-state index in [4.69, 9.17) is 5.11 Å². The fourth-order valence-electron chi connectivity index (χ4n) is 2.29. The van der Waals surface area contributed by atoms with Crippen LogP contribution in [-0.4, -0.2) is 45.8 Å². The Bertz CT molecular complexity index is 467. The molecule has 2 rings (SSSR count). The van der Waals surface area contributed by atoms with E-state index in [1.165, 1.54) is 16.7 Å². The lowest BCUT2D eigenvalue weighted by Gasteiger charge is -2.21. The van der Waals surface area contributed by atoms with Crippen LogP contribution in [0.25, 0.3) is 0 Å². The van der Waals surface area contributed by atoms with Crippen LogP contribution in [0.2, 0.25) is 0 Å². The normalized spacial score (nSPS) is 23.2. The third-order valence-electron chi connectivity index (χ3n) is 3.37. The van der Waals surface area contributed by atoms with Crippen LogP contribution in [0.15, 0.2) is 11.1 Å². The summed E-state index contributed by atoms with van der Waals surface area (Å²) >= 11 is 1.50. The van der Waals surface area contributed by atoms with E-state index in [1.54, 1.807) is 7.05 Å². The number of carbonyl (C=O) groups excluding carboxylic acids is 2. The Kier molecular flexibility index (Phi) is 3.99. The van der Waals surface area contributed by atoms with Gasteiger partial charge in [0.05, 0.1) is 6.42 Å². The van der Waals surface area contributed by atoms with E-state index < -0.39 is 5.97 Å². The molecule has 19 heavy (non-hydrogen) atoms. The smallest absolute Gasteiger partial charge is 0.308 e. The van der Waals surface area contributed by atoms with Crippen molar-refractivity contribution in [3.63, 3.8) is 0 Å². The van der Waals surface area contributed by atoms with Crippen molar-refractivity contribution in [1.82, 2.24) is 4.90 Å². The number of nitrogens with zero attached hydrogens (tertiary/aromatic N) is 1. The van der Waals surface area contributed by atoms with Gasteiger partial charge in [0.15, 0.2) is 5.78 Å². The summed E-state index contributed by atoms with van der Waals surface area (Å²) in [6, 6.07) is 0. The zero-order valence-corrected chi connectivity index (χ0v) is 11.8. The number of Topliss-reactive ketones (excluding diaryl/α,β-unsaturated/α-hetero) is 1. The lowest BCUT2D eigenvalue weighted by atomic mass is 10.0. The van der Waals surface area contributed by atoms with Gasteiger partial charge >= 0.3 is 5.97 Å². The lowest BCUT2D eigenvalue weighted by Crippen LogP contribution is -2.31. The number of thioether (sulfide) groups is 1. The maximum atomic E-state index is 12.3. The summed E-state index contributed by atoms with van der Waals surface area (Å²) in [5.74, 6) is -0.653. The van der Waals surface area contributed by atoms with E-state index in [2.05, 4.69) is 0 Å². The summed E-state index contributed by atoms with van der Waals surface area (Å²) in [5.41, 5.74) is 0.613. The zero-order chi connectivity index (χ0) is 14.2. The van der Waals surface area contributed by atoms with Crippen molar-refractivity contribution < 1.29 is 19.5 Å². The summed E-state index contributed by atoms with van der Waals surface area (Å²) in [4.78, 5) is 36.8. The van der Waals surface area contributed by atoms with Crippen LogP contribution in [0, 0.1) is 5.92 Å². The minimum absolute atomic E-state index is 0.00180. The Morgan fingerprint density at radius 1 is 1.42 bits per heavy atom. The predicted molar refractivity (Wildman–Crippen MR) is 71.7 cm³/mol. The van der Waals surface area contributed by atoms with Crippen LogP contribution in [-0.2, 0) is 14.4 Å². The van der Waals surface area contributed by atoms with Gasteiger partial charge in [-0.25, -0.2) is 0 Å². The van der Waals surface area contributed by atoms with Crippen LogP contribution in [0.4, 0.5) is 0 Å². The molecule has 1 heterocycles. The molecule has 5 nitrogen and oxygen atoms in total. The predicted octanol–water partition coefficient (Wildman–Crippen LogP) is 1.29. The first-order valence-electron chi connectivity index (χ1n) is 6.35. The molecular weight excluding hydrogens is 266 g/mol. The number of carboxylic acid groups (broad SMARTS) is 1. The molecule has 0 radical (unpaired) electrons. The number of rotatable bonds is 6. The van der Waals surface area contributed by atoms with Gasteiger partial charge in [0.25, 0.3) is 5.91 Å². The molecule has 1 aliphatic heterocycles. The van der Waals surface area contributed by atoms with Crippen molar-refractivity contribution >= 4 is 29.4 Å². The number of carbonyl (C=O) groups is 3. The molecule has 104 valence electrons. The molecule has 0 aromatic rings. The molecule has 0 spiro atoms. The number of hydrogen-bond acceptors (Lipinski definition) is 4. The Balaban J connectivity index is 2.38. The van der Waals surface area contributed by atoms with E-state index in [1.807, 2.05) is 6.92 Å². The first-order chi connectivity index (χ1) is 8.97. The second kappa shape index (κ2) is 5.36. The topological polar surface area (TPSA) is 74.7 Å². The fraction of sp³-hybridized carbons (Fsp3) is 0.615. The van der Waals surface area contributed by atoms with E-state index in [0.717, 1.165) is 18.6 Å². The molecule has 0 bridgehead atoms. The largest absolute Gasteiger partial charge is 0.481 e. The third kappa shape index (κ3) is 2.68. The Labute approximate surface area is 116 Å². The summed E-state index contributed by atoms with van der Waals surface area (Å²) in [5, 5.41) is 8.61. The van der Waals surface area contributed by atoms with Crippen molar-refractivity contribution in [2.24, 2.45) is 5.92 Å². The van der Waals surface area contributed by atoms with Crippen molar-refractivity contribution in [1.29, 1.82) is 0 Å². The highest BCUT2D eigenvalue weighted by atomic mass is 32.2. The molecule has 1 N–H and O–H groups in total. The summed E-state index contributed by atoms with van der Waals surface area (Å²) in [7, 11) is 1.63. The molecule has 1 aliphatic carbocycles. The molecule has 6 heteroatoms. The van der Waals surface area contributed by atoms with Gasteiger partial charge in [0.1, 0.15) is 5.37 Å². The highest BCUT2D eigenvalue weighted by Gasteiger charge is 2.44. The van der Waals surface area contributed by atoms with Crippen molar-refractivity contribution in [2.45, 2.75) is 31.6 Å². The Morgan fingerprint density at radius 3 is 2.53 bits per heavy atom. The molecular formula is C13H17NO4S. The first kappa shape index (κ1) is 14.1. The minimum Gasteiger partial charge on any atom is -0.481 e. The van der Waals surface area contributed by atoms with Crippen LogP contribution in [0.5, 0.6) is 0 Å². The Morgan fingerprint density at radius 2 is 2.05 bits per heavy atom. The van der Waals surface area contributed by atoms with Gasteiger partial charge in [-0.3, -0.25) is 14.4 Å². The van der Waals surface area contributed by atoms with Crippen molar-refractivity contribution in [3.05, 3.63) is 11.1 Å². The SMILES string of the molecule is CCSC1C(C(=O)C2CC2)=C(CC(=O)O)C(=O)N1C. The van der Waals surface area contributed by atoms with Crippen LogP contribution in [0.3, 0.4) is 0 Å². The molecule has 1 fully saturated rings. The molecule has 0 saturated heterocycles. The second-order valence-electron chi connectivity index (χ2n) is 4.83. The van der Waals surface area contributed by atoms with Gasteiger partial charge in [-0.15, -0.1) is 11.8 Å². The quantitative estimate of drug-likeness (QED) is 0.795. The summed E-state index contributed by atoms with van der Waals surface area (Å²) in [6.45, 7) is 1.96. The van der Waals surface area contributed by atoms with Crippen molar-refractivity contribution in [3.8, 4) is 0 Å². The molecule has 0 aromatic carbocycles. The molecule has 1 unspecified atom stereocenters. The van der Waals surface area contributed by atoms with Gasteiger partial charge in [-0.1, -0.05) is 6.92 Å². The molecule has 0 aromatic heterocycles. The first-order valence-corrected chi connectivity index (χ1v) is 7.40. The standard InChI is InChI=1S/C13H17NO4S/c1-3-19-13-10(11(17)7-4-5-7)8(6-9(15)16)12(18)14(13)2/h7,13H,3-6H2,1-2H3,(H,15,16).